The number of carboxylic acid groups (broad SMARTS) is 1. The standard InChI is InChI=1S/C30H31Cl2N3O4/c1-18(2)27(29(37)38)34-28(36)21-12-10-19(11-13-21)17-35(26-9-5-7-20-6-3-4-8-25(20)26)30(39)33-24-15-22(31)14-23(32)16-24/h3-4,6,8,10-16,18,26-27H,5,7,9,17H2,1-2H3,(H,33,39)(H,34,36)(H,37,38)/t26?,27-/m0/s1. The summed E-state index contributed by atoms with van der Waals surface area (Å²) < 4.78 is 0. The highest BCUT2D eigenvalue weighted by Gasteiger charge is 2.30. The van der Waals surface area contributed by atoms with Gasteiger partial charge in [0, 0.05) is 27.8 Å². The van der Waals surface area contributed by atoms with E-state index in [9.17, 15) is 19.5 Å². The van der Waals surface area contributed by atoms with Gasteiger partial charge >= 0.3 is 12.0 Å². The van der Waals surface area contributed by atoms with Crippen LogP contribution in [0.1, 0.15) is 59.8 Å². The molecule has 1 unspecified atom stereocenters. The van der Waals surface area contributed by atoms with Crippen LogP contribution in [0.5, 0.6) is 0 Å². The molecule has 7 nitrogen and oxygen atoms in total. The van der Waals surface area contributed by atoms with Gasteiger partial charge in [0.25, 0.3) is 5.91 Å². The van der Waals surface area contributed by atoms with Gasteiger partial charge in [-0.3, -0.25) is 4.79 Å². The molecule has 0 aromatic heterocycles. The Bertz CT molecular complexity index is 1340. The molecule has 1 aliphatic carbocycles. The Morgan fingerprint density at radius 3 is 2.31 bits per heavy atom. The molecule has 0 heterocycles. The number of anilines is 1. The number of fused-ring (bicyclic) bond motifs is 1. The van der Waals surface area contributed by atoms with Gasteiger partial charge in [0.2, 0.25) is 0 Å². The normalized spacial score (nSPS) is 15.3. The Hall–Kier alpha value is -3.55. The number of nitrogens with one attached hydrogen (secondary N) is 2. The summed E-state index contributed by atoms with van der Waals surface area (Å²) in [5, 5.41) is 15.7. The Morgan fingerprint density at radius 1 is 1.00 bits per heavy atom. The lowest BCUT2D eigenvalue weighted by Crippen LogP contribution is -2.44. The number of nitrogens with zero attached hydrogens (tertiary/aromatic N) is 1. The lowest BCUT2D eigenvalue weighted by atomic mass is 9.86. The van der Waals surface area contributed by atoms with Gasteiger partial charge in [0.05, 0.1) is 6.04 Å². The molecule has 204 valence electrons. The van der Waals surface area contributed by atoms with Crippen molar-refractivity contribution in [1.29, 1.82) is 0 Å². The third-order valence-corrected chi connectivity index (χ3v) is 7.31. The van der Waals surface area contributed by atoms with E-state index in [4.69, 9.17) is 23.2 Å². The minimum atomic E-state index is -1.08. The third-order valence-electron chi connectivity index (χ3n) is 6.88. The summed E-state index contributed by atoms with van der Waals surface area (Å²) in [6.07, 6.45) is 2.73. The monoisotopic (exact) mass is 567 g/mol. The van der Waals surface area contributed by atoms with Gasteiger partial charge in [-0.1, -0.05) is 73.4 Å². The fourth-order valence-corrected chi connectivity index (χ4v) is 5.42. The second-order valence-electron chi connectivity index (χ2n) is 10.1. The smallest absolute Gasteiger partial charge is 0.326 e. The predicted octanol–water partition coefficient (Wildman–Crippen LogP) is 6.94. The van der Waals surface area contributed by atoms with Gasteiger partial charge in [0.15, 0.2) is 0 Å². The molecule has 1 aliphatic rings. The Labute approximate surface area is 238 Å². The van der Waals surface area contributed by atoms with Crippen LogP contribution < -0.4 is 10.6 Å². The number of benzene rings is 3. The minimum Gasteiger partial charge on any atom is -0.480 e. The quantitative estimate of drug-likeness (QED) is 0.274. The van der Waals surface area contributed by atoms with E-state index in [0.717, 1.165) is 30.4 Å². The highest BCUT2D eigenvalue weighted by Crippen LogP contribution is 2.36. The second kappa shape index (κ2) is 12.5. The van der Waals surface area contributed by atoms with Crippen LogP contribution >= 0.6 is 23.2 Å². The maximum atomic E-state index is 13.7. The molecule has 3 amide bonds. The molecule has 0 aliphatic heterocycles. The lowest BCUT2D eigenvalue weighted by Gasteiger charge is -2.36. The highest BCUT2D eigenvalue weighted by atomic mass is 35.5. The third kappa shape index (κ3) is 7.11. The number of carbonyl (C=O) groups excluding carboxylic acids is 2. The fraction of sp³-hybridized carbons (Fsp3) is 0.300. The van der Waals surface area contributed by atoms with Crippen molar-refractivity contribution in [1.82, 2.24) is 10.2 Å². The van der Waals surface area contributed by atoms with Crippen molar-refractivity contribution in [2.75, 3.05) is 5.32 Å². The van der Waals surface area contributed by atoms with E-state index in [1.54, 1.807) is 61.2 Å². The molecule has 0 saturated heterocycles. The first-order valence-electron chi connectivity index (χ1n) is 12.9. The van der Waals surface area contributed by atoms with Gasteiger partial charge < -0.3 is 20.6 Å². The maximum Gasteiger partial charge on any atom is 0.326 e. The topological polar surface area (TPSA) is 98.7 Å². The van der Waals surface area contributed by atoms with Crippen LogP contribution in [0.25, 0.3) is 0 Å². The summed E-state index contributed by atoms with van der Waals surface area (Å²) in [5.74, 6) is -1.80. The van der Waals surface area contributed by atoms with Crippen LogP contribution in [0, 0.1) is 5.92 Å². The number of carbonyl (C=O) groups is 3. The van der Waals surface area contributed by atoms with E-state index in [2.05, 4.69) is 22.8 Å². The van der Waals surface area contributed by atoms with Crippen LogP contribution in [0.4, 0.5) is 10.5 Å². The molecule has 0 bridgehead atoms. The molecule has 0 radical (unpaired) electrons. The first-order valence-corrected chi connectivity index (χ1v) is 13.6. The first kappa shape index (κ1) is 28.5. The minimum absolute atomic E-state index is 0.144. The highest BCUT2D eigenvalue weighted by molar-refractivity contribution is 6.35. The second-order valence-corrected chi connectivity index (χ2v) is 10.9. The zero-order valence-electron chi connectivity index (χ0n) is 21.8. The van der Waals surface area contributed by atoms with E-state index in [1.807, 2.05) is 12.1 Å². The zero-order chi connectivity index (χ0) is 28.1. The molecule has 4 rings (SSSR count). The number of carboxylic acids is 1. The van der Waals surface area contributed by atoms with Crippen LogP contribution in [-0.4, -0.2) is 34.0 Å². The molecular formula is C30H31Cl2N3O4. The average molecular weight is 569 g/mol. The van der Waals surface area contributed by atoms with Crippen LogP contribution in [-0.2, 0) is 17.8 Å². The van der Waals surface area contributed by atoms with Crippen LogP contribution in [0.15, 0.2) is 66.7 Å². The van der Waals surface area contributed by atoms with Crippen molar-refractivity contribution in [2.24, 2.45) is 5.92 Å². The van der Waals surface area contributed by atoms with E-state index in [-0.39, 0.29) is 18.0 Å². The number of urea groups is 1. The summed E-state index contributed by atoms with van der Waals surface area (Å²) in [4.78, 5) is 39.6. The van der Waals surface area contributed by atoms with Crippen LogP contribution in [0.3, 0.4) is 0 Å². The molecule has 2 atom stereocenters. The van der Waals surface area contributed by atoms with E-state index in [0.29, 0.717) is 27.8 Å². The molecule has 0 saturated carbocycles. The van der Waals surface area contributed by atoms with Crippen molar-refractivity contribution >= 4 is 46.8 Å². The summed E-state index contributed by atoms with van der Waals surface area (Å²) in [6.45, 7) is 3.77. The van der Waals surface area contributed by atoms with Gasteiger partial charge in [-0.15, -0.1) is 0 Å². The number of hydrogen-bond donors (Lipinski definition) is 3. The van der Waals surface area contributed by atoms with Crippen molar-refractivity contribution in [3.8, 4) is 0 Å². The first-order chi connectivity index (χ1) is 18.6. The largest absolute Gasteiger partial charge is 0.480 e. The lowest BCUT2D eigenvalue weighted by molar-refractivity contribution is -0.140. The average Bonchev–Trinajstić information content (AvgIpc) is 2.89. The summed E-state index contributed by atoms with van der Waals surface area (Å²) in [5.41, 5.74) is 4.01. The molecule has 3 N–H and O–H groups in total. The van der Waals surface area contributed by atoms with Crippen molar-refractivity contribution < 1.29 is 19.5 Å². The van der Waals surface area contributed by atoms with Crippen molar-refractivity contribution in [3.05, 3.63) is 99.0 Å². The molecule has 3 aromatic rings. The SMILES string of the molecule is CC(C)[C@H](NC(=O)c1ccc(CN(C(=O)Nc2cc(Cl)cc(Cl)c2)C2CCCc3ccccc32)cc1)C(=O)O. The number of rotatable bonds is 8. The fourth-order valence-electron chi connectivity index (χ4n) is 4.89. The number of hydrogen-bond acceptors (Lipinski definition) is 3. The molecule has 39 heavy (non-hydrogen) atoms. The number of aliphatic carboxylic acids is 1. The van der Waals surface area contributed by atoms with E-state index >= 15 is 0 Å². The summed E-state index contributed by atoms with van der Waals surface area (Å²) in [7, 11) is 0. The summed E-state index contributed by atoms with van der Waals surface area (Å²) in [6, 6.07) is 18.5. The molecule has 0 spiro atoms. The van der Waals surface area contributed by atoms with E-state index in [1.165, 1.54) is 5.56 Å². The van der Waals surface area contributed by atoms with Crippen molar-refractivity contribution in [2.45, 2.75) is 51.7 Å². The van der Waals surface area contributed by atoms with Crippen LogP contribution in [0.2, 0.25) is 10.0 Å². The molecular weight excluding hydrogens is 537 g/mol. The molecule has 0 fully saturated rings. The zero-order valence-corrected chi connectivity index (χ0v) is 23.3. The Kier molecular flexibility index (Phi) is 9.15. The van der Waals surface area contributed by atoms with Gasteiger partial charge in [-0.05, 0) is 72.2 Å². The van der Waals surface area contributed by atoms with E-state index < -0.39 is 17.9 Å². The maximum absolute atomic E-state index is 13.7. The van der Waals surface area contributed by atoms with Gasteiger partial charge in [-0.25, -0.2) is 9.59 Å². The number of aryl methyl sites for hydroxylation is 1. The van der Waals surface area contributed by atoms with Gasteiger partial charge in [-0.2, -0.15) is 0 Å². The number of amides is 3. The van der Waals surface area contributed by atoms with Crippen molar-refractivity contribution in [3.63, 3.8) is 0 Å². The molecule has 3 aromatic carbocycles. The number of halogens is 2. The molecule has 9 heteroatoms. The summed E-state index contributed by atoms with van der Waals surface area (Å²) >= 11 is 12.3. The predicted molar refractivity (Wildman–Crippen MR) is 153 cm³/mol. The Balaban J connectivity index is 1.58. The van der Waals surface area contributed by atoms with Gasteiger partial charge in [0.1, 0.15) is 6.04 Å². The Morgan fingerprint density at radius 2 is 1.67 bits per heavy atom.